The van der Waals surface area contributed by atoms with Gasteiger partial charge in [-0.2, -0.15) is 0 Å². The summed E-state index contributed by atoms with van der Waals surface area (Å²) in [6.45, 7) is 2.22. The molecule has 9 heteroatoms. The van der Waals surface area contributed by atoms with Crippen LogP contribution in [0.2, 0.25) is 0 Å². The Labute approximate surface area is 168 Å². The number of non-ortho nitro benzene ring substituents is 1. The van der Waals surface area contributed by atoms with E-state index in [1.54, 1.807) is 0 Å². The maximum Gasteiger partial charge on any atom is 0.269 e. The first kappa shape index (κ1) is 19.4. The van der Waals surface area contributed by atoms with E-state index in [2.05, 4.69) is 14.8 Å². The summed E-state index contributed by atoms with van der Waals surface area (Å²) in [7, 11) is 0. The molecule has 0 radical (unpaired) electrons. The average molecular weight is 399 g/mol. The number of ether oxygens (including phenoxy) is 1. The van der Waals surface area contributed by atoms with Gasteiger partial charge in [0, 0.05) is 44.1 Å². The topological polar surface area (TPSA) is 103 Å². The number of nitrogens with zero attached hydrogens (tertiary/aromatic N) is 5. The Kier molecular flexibility index (Phi) is 5.73. The molecule has 1 aromatic heterocycles. The van der Waals surface area contributed by atoms with Crippen LogP contribution < -0.4 is 4.74 Å². The van der Waals surface area contributed by atoms with Crippen molar-refractivity contribution in [3.05, 3.63) is 46.0 Å². The second-order valence-electron chi connectivity index (χ2n) is 7.66. The smallest absolute Gasteiger partial charge is 0.269 e. The first-order chi connectivity index (χ1) is 14.1. The van der Waals surface area contributed by atoms with Gasteiger partial charge in [0.15, 0.2) is 6.61 Å². The SMILES string of the molecule is O=C(COc1ccc([N+](=O)[O-])cc1)N1CCCC(c2nnc3n2CCCCC3)C1. The summed E-state index contributed by atoms with van der Waals surface area (Å²) >= 11 is 0. The maximum atomic E-state index is 12.7. The zero-order chi connectivity index (χ0) is 20.2. The monoisotopic (exact) mass is 399 g/mol. The van der Waals surface area contributed by atoms with Crippen molar-refractivity contribution in [2.45, 2.75) is 51.0 Å². The van der Waals surface area contributed by atoms with Gasteiger partial charge in [-0.1, -0.05) is 6.42 Å². The van der Waals surface area contributed by atoms with E-state index in [1.807, 2.05) is 4.90 Å². The van der Waals surface area contributed by atoms with E-state index in [0.29, 0.717) is 18.8 Å². The lowest BCUT2D eigenvalue weighted by Crippen LogP contribution is -2.42. The van der Waals surface area contributed by atoms with Crippen LogP contribution in [0.15, 0.2) is 24.3 Å². The van der Waals surface area contributed by atoms with Crippen molar-refractivity contribution >= 4 is 11.6 Å². The van der Waals surface area contributed by atoms with Gasteiger partial charge in [0.05, 0.1) is 4.92 Å². The predicted molar refractivity (Wildman–Crippen MR) is 105 cm³/mol. The number of amides is 1. The second-order valence-corrected chi connectivity index (χ2v) is 7.66. The highest BCUT2D eigenvalue weighted by Gasteiger charge is 2.29. The van der Waals surface area contributed by atoms with Crippen molar-refractivity contribution in [1.82, 2.24) is 19.7 Å². The molecule has 0 saturated carbocycles. The van der Waals surface area contributed by atoms with E-state index in [1.165, 1.54) is 30.7 Å². The summed E-state index contributed by atoms with van der Waals surface area (Å²) in [5.41, 5.74) is -0.00464. The Morgan fingerprint density at radius 3 is 2.76 bits per heavy atom. The number of hydrogen-bond donors (Lipinski definition) is 0. The zero-order valence-electron chi connectivity index (χ0n) is 16.3. The van der Waals surface area contributed by atoms with Gasteiger partial charge >= 0.3 is 0 Å². The van der Waals surface area contributed by atoms with E-state index in [0.717, 1.165) is 50.3 Å². The van der Waals surface area contributed by atoms with Gasteiger partial charge in [-0.25, -0.2) is 0 Å². The largest absolute Gasteiger partial charge is 0.484 e. The number of aryl methyl sites for hydroxylation is 1. The molecule has 1 unspecified atom stereocenters. The molecule has 154 valence electrons. The normalized spacial score (nSPS) is 19.3. The van der Waals surface area contributed by atoms with Gasteiger partial charge in [0.25, 0.3) is 11.6 Å². The molecular weight excluding hydrogens is 374 g/mol. The number of piperidine rings is 1. The summed E-state index contributed by atoms with van der Waals surface area (Å²) in [6.07, 6.45) is 6.44. The molecule has 1 atom stereocenters. The van der Waals surface area contributed by atoms with E-state index in [4.69, 9.17) is 4.74 Å². The highest BCUT2D eigenvalue weighted by molar-refractivity contribution is 5.78. The lowest BCUT2D eigenvalue weighted by Gasteiger charge is -2.32. The number of nitro benzene ring substituents is 1. The molecule has 0 aliphatic carbocycles. The first-order valence-electron chi connectivity index (χ1n) is 10.2. The van der Waals surface area contributed by atoms with Gasteiger partial charge in [0.1, 0.15) is 17.4 Å². The third-order valence-electron chi connectivity index (χ3n) is 5.69. The molecular formula is C20H25N5O4. The van der Waals surface area contributed by atoms with Gasteiger partial charge in [-0.05, 0) is 37.8 Å². The zero-order valence-corrected chi connectivity index (χ0v) is 16.3. The highest BCUT2D eigenvalue weighted by Crippen LogP contribution is 2.28. The summed E-state index contributed by atoms with van der Waals surface area (Å²) < 4.78 is 7.80. The van der Waals surface area contributed by atoms with Crippen LogP contribution in [0, 0.1) is 10.1 Å². The maximum absolute atomic E-state index is 12.7. The Morgan fingerprint density at radius 1 is 1.14 bits per heavy atom. The number of nitro groups is 1. The van der Waals surface area contributed by atoms with Crippen LogP contribution in [0.4, 0.5) is 5.69 Å². The van der Waals surface area contributed by atoms with Crippen LogP contribution in [0.5, 0.6) is 5.75 Å². The fourth-order valence-electron chi connectivity index (χ4n) is 4.12. The standard InChI is InChI=1S/C20H25N5O4/c26-19(14-29-17-9-7-16(8-10-17)25(27)28)23-11-4-5-15(13-23)20-22-21-18-6-2-1-3-12-24(18)20/h7-10,15H,1-6,11-14H2. The molecule has 3 heterocycles. The Bertz CT molecular complexity index is 879. The number of aromatic nitrogens is 3. The van der Waals surface area contributed by atoms with Crippen molar-refractivity contribution < 1.29 is 14.5 Å². The number of hydrogen-bond acceptors (Lipinski definition) is 6. The number of benzene rings is 1. The molecule has 1 aromatic carbocycles. The lowest BCUT2D eigenvalue weighted by atomic mass is 9.97. The molecule has 4 rings (SSSR count). The molecule has 0 bridgehead atoms. The van der Waals surface area contributed by atoms with E-state index in [9.17, 15) is 14.9 Å². The molecule has 9 nitrogen and oxygen atoms in total. The van der Waals surface area contributed by atoms with Crippen LogP contribution in [0.25, 0.3) is 0 Å². The number of fused-ring (bicyclic) bond motifs is 1. The van der Waals surface area contributed by atoms with Gasteiger partial charge in [-0.15, -0.1) is 10.2 Å². The van der Waals surface area contributed by atoms with Crippen molar-refractivity contribution in [2.24, 2.45) is 0 Å². The summed E-state index contributed by atoms with van der Waals surface area (Å²) in [4.78, 5) is 24.7. The molecule has 0 N–H and O–H groups in total. The van der Waals surface area contributed by atoms with Crippen LogP contribution in [0.3, 0.4) is 0 Å². The quantitative estimate of drug-likeness (QED) is 0.566. The lowest BCUT2D eigenvalue weighted by molar-refractivity contribution is -0.384. The Balaban J connectivity index is 1.36. The van der Waals surface area contributed by atoms with Crippen LogP contribution in [-0.4, -0.2) is 50.2 Å². The highest BCUT2D eigenvalue weighted by atomic mass is 16.6. The van der Waals surface area contributed by atoms with Crippen LogP contribution in [-0.2, 0) is 17.8 Å². The van der Waals surface area contributed by atoms with E-state index >= 15 is 0 Å². The number of carbonyl (C=O) groups is 1. The molecule has 2 aliphatic rings. The average Bonchev–Trinajstić information content (AvgIpc) is 3.00. The van der Waals surface area contributed by atoms with E-state index in [-0.39, 0.29) is 24.1 Å². The molecule has 1 fully saturated rings. The predicted octanol–water partition coefficient (Wildman–Crippen LogP) is 2.70. The van der Waals surface area contributed by atoms with E-state index < -0.39 is 4.92 Å². The minimum atomic E-state index is -0.464. The minimum Gasteiger partial charge on any atom is -0.484 e. The van der Waals surface area contributed by atoms with Crippen LogP contribution >= 0.6 is 0 Å². The van der Waals surface area contributed by atoms with Crippen molar-refractivity contribution in [2.75, 3.05) is 19.7 Å². The third kappa shape index (κ3) is 4.38. The van der Waals surface area contributed by atoms with Crippen molar-refractivity contribution in [1.29, 1.82) is 0 Å². The Morgan fingerprint density at radius 2 is 1.97 bits per heavy atom. The summed E-state index contributed by atoms with van der Waals surface area (Å²) in [6, 6.07) is 5.76. The third-order valence-corrected chi connectivity index (χ3v) is 5.69. The number of likely N-dealkylation sites (tertiary alicyclic amines) is 1. The fourth-order valence-corrected chi connectivity index (χ4v) is 4.12. The summed E-state index contributed by atoms with van der Waals surface area (Å²) in [5.74, 6) is 2.65. The van der Waals surface area contributed by atoms with Gasteiger partial charge in [-0.3, -0.25) is 14.9 Å². The van der Waals surface area contributed by atoms with Crippen molar-refractivity contribution in [3.63, 3.8) is 0 Å². The number of rotatable bonds is 5. The molecule has 1 saturated heterocycles. The molecule has 29 heavy (non-hydrogen) atoms. The number of carbonyl (C=O) groups excluding carboxylic acids is 1. The van der Waals surface area contributed by atoms with Crippen LogP contribution in [0.1, 0.15) is 49.7 Å². The second kappa shape index (κ2) is 8.59. The molecule has 2 aliphatic heterocycles. The molecule has 2 aromatic rings. The van der Waals surface area contributed by atoms with Crippen molar-refractivity contribution in [3.8, 4) is 5.75 Å². The fraction of sp³-hybridized carbons (Fsp3) is 0.550. The summed E-state index contributed by atoms with van der Waals surface area (Å²) in [5, 5.41) is 19.6. The molecule has 0 spiro atoms. The molecule has 1 amide bonds. The minimum absolute atomic E-state index is 0.00464. The van der Waals surface area contributed by atoms with Gasteiger partial charge < -0.3 is 14.2 Å². The van der Waals surface area contributed by atoms with Gasteiger partial charge in [0.2, 0.25) is 0 Å². The Hall–Kier alpha value is -2.97. The first-order valence-corrected chi connectivity index (χ1v) is 10.2.